The van der Waals surface area contributed by atoms with Crippen LogP contribution in [0.25, 0.3) is 10.9 Å². The average molecular weight is 298 g/mol. The second-order valence-electron chi connectivity index (χ2n) is 4.66. The number of hydrogen-bond acceptors (Lipinski definition) is 3. The molecule has 2 aromatic carbocycles. The number of anilines is 1. The Kier molecular flexibility index (Phi) is 4.06. The lowest BCUT2D eigenvalue weighted by molar-refractivity contribution is 0.602. The Balaban J connectivity index is 1.91. The van der Waals surface area contributed by atoms with Crippen LogP contribution < -0.4 is 5.32 Å². The van der Waals surface area contributed by atoms with Gasteiger partial charge in [-0.25, -0.2) is 9.37 Å². The number of pyridine rings is 1. The Morgan fingerprint density at radius 3 is 2.67 bits per heavy atom. The monoisotopic (exact) mass is 298 g/mol. The van der Waals surface area contributed by atoms with Gasteiger partial charge in [0, 0.05) is 28.6 Å². The van der Waals surface area contributed by atoms with Crippen molar-refractivity contribution < 1.29 is 4.39 Å². The fourth-order valence-corrected chi connectivity index (χ4v) is 3.12. The number of halogens is 1. The molecular formula is C17H15FN2S. The van der Waals surface area contributed by atoms with Crippen molar-refractivity contribution in [3.63, 3.8) is 0 Å². The Bertz CT molecular complexity index is 774. The maximum atomic E-state index is 13.7. The van der Waals surface area contributed by atoms with Crippen LogP contribution in [0.2, 0.25) is 0 Å². The van der Waals surface area contributed by atoms with Crippen LogP contribution in [0.4, 0.5) is 10.2 Å². The molecule has 0 atom stereocenters. The molecular weight excluding hydrogens is 283 g/mol. The SMILES string of the molecule is CNc1nc2ccccc2cc1CSc1ccccc1F. The number of para-hydroxylation sites is 1. The summed E-state index contributed by atoms with van der Waals surface area (Å²) in [5.74, 6) is 1.34. The standard InChI is InChI=1S/C17H15FN2S/c1-19-17-13(10-12-6-2-4-8-15(12)20-17)11-21-16-9-5-3-7-14(16)18/h2-10H,11H2,1H3,(H,19,20). The van der Waals surface area contributed by atoms with E-state index in [1.165, 1.54) is 17.8 Å². The van der Waals surface area contributed by atoms with E-state index in [-0.39, 0.29) is 5.82 Å². The lowest BCUT2D eigenvalue weighted by Gasteiger charge is -2.10. The van der Waals surface area contributed by atoms with Gasteiger partial charge >= 0.3 is 0 Å². The number of nitrogens with zero attached hydrogens (tertiary/aromatic N) is 1. The van der Waals surface area contributed by atoms with Gasteiger partial charge < -0.3 is 5.32 Å². The van der Waals surface area contributed by atoms with Crippen molar-refractivity contribution in [2.45, 2.75) is 10.6 Å². The molecule has 0 spiro atoms. The number of fused-ring (bicyclic) bond motifs is 1. The molecule has 1 aromatic heterocycles. The third-order valence-electron chi connectivity index (χ3n) is 3.26. The van der Waals surface area contributed by atoms with E-state index in [9.17, 15) is 4.39 Å². The molecule has 0 saturated carbocycles. The van der Waals surface area contributed by atoms with Gasteiger partial charge in [-0.1, -0.05) is 30.3 Å². The molecule has 3 aromatic rings. The molecule has 3 rings (SSSR count). The summed E-state index contributed by atoms with van der Waals surface area (Å²) in [4.78, 5) is 5.27. The van der Waals surface area contributed by atoms with Crippen LogP contribution in [0.5, 0.6) is 0 Å². The number of aromatic nitrogens is 1. The molecule has 2 nitrogen and oxygen atoms in total. The number of nitrogens with one attached hydrogen (secondary N) is 1. The molecule has 0 aliphatic rings. The molecule has 1 heterocycles. The first-order chi connectivity index (χ1) is 10.3. The van der Waals surface area contributed by atoms with E-state index in [1.807, 2.05) is 37.4 Å². The van der Waals surface area contributed by atoms with Crippen molar-refractivity contribution in [2.75, 3.05) is 12.4 Å². The highest BCUT2D eigenvalue weighted by molar-refractivity contribution is 7.98. The zero-order valence-electron chi connectivity index (χ0n) is 11.6. The largest absolute Gasteiger partial charge is 0.373 e. The van der Waals surface area contributed by atoms with E-state index in [0.717, 1.165) is 22.3 Å². The van der Waals surface area contributed by atoms with Gasteiger partial charge in [0.05, 0.1) is 5.52 Å². The zero-order valence-corrected chi connectivity index (χ0v) is 12.5. The van der Waals surface area contributed by atoms with Crippen molar-refractivity contribution in [2.24, 2.45) is 0 Å². The first-order valence-corrected chi connectivity index (χ1v) is 7.70. The first kappa shape index (κ1) is 13.9. The van der Waals surface area contributed by atoms with Crippen molar-refractivity contribution in [3.05, 3.63) is 66.0 Å². The van der Waals surface area contributed by atoms with Gasteiger partial charge in [0.25, 0.3) is 0 Å². The fourth-order valence-electron chi connectivity index (χ4n) is 2.20. The predicted octanol–water partition coefficient (Wildman–Crippen LogP) is 4.71. The second kappa shape index (κ2) is 6.14. The molecule has 21 heavy (non-hydrogen) atoms. The summed E-state index contributed by atoms with van der Waals surface area (Å²) < 4.78 is 13.7. The Morgan fingerprint density at radius 2 is 1.86 bits per heavy atom. The molecule has 0 bridgehead atoms. The minimum Gasteiger partial charge on any atom is -0.373 e. The molecule has 0 amide bonds. The minimum absolute atomic E-state index is 0.178. The van der Waals surface area contributed by atoms with E-state index < -0.39 is 0 Å². The van der Waals surface area contributed by atoms with E-state index >= 15 is 0 Å². The summed E-state index contributed by atoms with van der Waals surface area (Å²) in [5, 5.41) is 4.22. The summed E-state index contributed by atoms with van der Waals surface area (Å²) in [6.45, 7) is 0. The van der Waals surface area contributed by atoms with Crippen LogP contribution in [0.15, 0.2) is 59.5 Å². The van der Waals surface area contributed by atoms with Gasteiger partial charge in [0.1, 0.15) is 11.6 Å². The third-order valence-corrected chi connectivity index (χ3v) is 4.36. The predicted molar refractivity (Wildman–Crippen MR) is 87.3 cm³/mol. The van der Waals surface area contributed by atoms with Gasteiger partial charge in [0.15, 0.2) is 0 Å². The summed E-state index contributed by atoms with van der Waals surface area (Å²) in [5.41, 5.74) is 2.03. The second-order valence-corrected chi connectivity index (χ2v) is 5.68. The molecule has 0 saturated heterocycles. The van der Waals surface area contributed by atoms with Crippen molar-refractivity contribution >= 4 is 28.5 Å². The first-order valence-electron chi connectivity index (χ1n) is 6.71. The van der Waals surface area contributed by atoms with E-state index in [2.05, 4.69) is 16.4 Å². The van der Waals surface area contributed by atoms with Crippen LogP contribution in [-0.2, 0) is 5.75 Å². The average Bonchev–Trinajstić information content (AvgIpc) is 2.53. The van der Waals surface area contributed by atoms with Gasteiger partial charge in [-0.2, -0.15) is 0 Å². The summed E-state index contributed by atoms with van der Waals surface area (Å²) >= 11 is 1.48. The van der Waals surface area contributed by atoms with E-state index in [4.69, 9.17) is 0 Å². The van der Waals surface area contributed by atoms with E-state index in [1.54, 1.807) is 12.1 Å². The maximum absolute atomic E-state index is 13.7. The van der Waals surface area contributed by atoms with Gasteiger partial charge in [-0.15, -0.1) is 11.8 Å². The van der Waals surface area contributed by atoms with Gasteiger partial charge in [0.2, 0.25) is 0 Å². The summed E-state index contributed by atoms with van der Waals surface area (Å²) in [7, 11) is 1.86. The lowest BCUT2D eigenvalue weighted by atomic mass is 10.1. The van der Waals surface area contributed by atoms with Crippen LogP contribution in [0.3, 0.4) is 0 Å². The van der Waals surface area contributed by atoms with Crippen molar-refractivity contribution in [1.82, 2.24) is 4.98 Å². The number of hydrogen-bond donors (Lipinski definition) is 1. The number of thioether (sulfide) groups is 1. The summed E-state index contributed by atoms with van der Waals surface area (Å²) in [6, 6.07) is 17.0. The van der Waals surface area contributed by atoms with Crippen LogP contribution in [0.1, 0.15) is 5.56 Å². The van der Waals surface area contributed by atoms with Crippen LogP contribution in [0, 0.1) is 5.82 Å². The summed E-state index contributed by atoms with van der Waals surface area (Å²) in [6.07, 6.45) is 0. The Labute approximate surface area is 127 Å². The molecule has 0 fully saturated rings. The molecule has 0 aliphatic heterocycles. The highest BCUT2D eigenvalue weighted by atomic mass is 32.2. The molecule has 106 valence electrons. The normalized spacial score (nSPS) is 10.8. The van der Waals surface area contributed by atoms with E-state index in [0.29, 0.717) is 10.6 Å². The molecule has 0 unspecified atom stereocenters. The minimum atomic E-state index is -0.178. The van der Waals surface area contributed by atoms with Gasteiger partial charge in [-0.3, -0.25) is 0 Å². The topological polar surface area (TPSA) is 24.9 Å². The molecule has 0 radical (unpaired) electrons. The maximum Gasteiger partial charge on any atom is 0.136 e. The smallest absolute Gasteiger partial charge is 0.136 e. The highest BCUT2D eigenvalue weighted by Gasteiger charge is 2.08. The van der Waals surface area contributed by atoms with Crippen LogP contribution >= 0.6 is 11.8 Å². The van der Waals surface area contributed by atoms with Gasteiger partial charge in [-0.05, 0) is 24.3 Å². The zero-order chi connectivity index (χ0) is 14.7. The Hall–Kier alpha value is -2.07. The van der Waals surface area contributed by atoms with Crippen LogP contribution in [-0.4, -0.2) is 12.0 Å². The quantitative estimate of drug-likeness (QED) is 0.706. The Morgan fingerprint density at radius 1 is 1.10 bits per heavy atom. The number of benzene rings is 2. The number of rotatable bonds is 4. The molecule has 1 N–H and O–H groups in total. The lowest BCUT2D eigenvalue weighted by Crippen LogP contribution is -1.98. The molecule has 4 heteroatoms. The molecule has 0 aliphatic carbocycles. The van der Waals surface area contributed by atoms with Crippen molar-refractivity contribution in [3.8, 4) is 0 Å². The third kappa shape index (κ3) is 3.00. The highest BCUT2D eigenvalue weighted by Crippen LogP contribution is 2.29. The fraction of sp³-hybridized carbons (Fsp3) is 0.118. The van der Waals surface area contributed by atoms with Crippen molar-refractivity contribution in [1.29, 1.82) is 0 Å².